The summed E-state index contributed by atoms with van der Waals surface area (Å²) >= 11 is 2.95. The number of carbonyl (C=O) groups excluding carboxylic acids is 1. The van der Waals surface area contributed by atoms with Crippen molar-refractivity contribution in [3.05, 3.63) is 44.8 Å². The molecule has 2 heterocycles. The van der Waals surface area contributed by atoms with Crippen LogP contribution < -0.4 is 0 Å². The summed E-state index contributed by atoms with van der Waals surface area (Å²) in [5.74, 6) is -0.260. The van der Waals surface area contributed by atoms with Gasteiger partial charge in [0.2, 0.25) is 0 Å². The van der Waals surface area contributed by atoms with E-state index in [1.807, 2.05) is 29.0 Å². The van der Waals surface area contributed by atoms with Gasteiger partial charge in [-0.1, -0.05) is 12.1 Å². The normalized spacial score (nSPS) is 11.9. The van der Waals surface area contributed by atoms with Gasteiger partial charge in [-0.15, -0.1) is 22.7 Å². The molecule has 2 aromatic heterocycles. The number of carbonyl (C=O) groups is 1. The van der Waals surface area contributed by atoms with E-state index >= 15 is 0 Å². The Hall–Kier alpha value is -1.44. The summed E-state index contributed by atoms with van der Waals surface area (Å²) < 4.78 is 0. The van der Waals surface area contributed by atoms with Crippen LogP contribution in [0.25, 0.3) is 0 Å². The molecule has 0 bridgehead atoms. The van der Waals surface area contributed by atoms with Crippen molar-refractivity contribution in [2.24, 2.45) is 0 Å². The van der Waals surface area contributed by atoms with Gasteiger partial charge in [-0.05, 0) is 22.9 Å². The molecule has 0 saturated carbocycles. The Labute approximate surface area is 102 Å². The van der Waals surface area contributed by atoms with E-state index in [2.05, 4.69) is 6.07 Å². The maximum Gasteiger partial charge on any atom is 0.174 e. The third-order valence-electron chi connectivity index (χ3n) is 2.23. The average molecular weight is 247 g/mol. The van der Waals surface area contributed by atoms with Gasteiger partial charge in [0, 0.05) is 11.3 Å². The predicted molar refractivity (Wildman–Crippen MR) is 65.9 cm³/mol. The fourth-order valence-electron chi connectivity index (χ4n) is 1.42. The van der Waals surface area contributed by atoms with Crippen LogP contribution in [0.15, 0.2) is 35.0 Å². The maximum atomic E-state index is 11.8. The van der Waals surface area contributed by atoms with E-state index in [-0.39, 0.29) is 18.1 Å². The summed E-state index contributed by atoms with van der Waals surface area (Å²) in [6, 6.07) is 9.65. The summed E-state index contributed by atoms with van der Waals surface area (Å²) in [6.45, 7) is 0. The quantitative estimate of drug-likeness (QED) is 0.773. The third-order valence-corrected chi connectivity index (χ3v) is 4.12. The minimum Gasteiger partial charge on any atom is -0.293 e. The van der Waals surface area contributed by atoms with Gasteiger partial charge in [0.15, 0.2) is 5.78 Å². The molecule has 0 saturated heterocycles. The van der Waals surface area contributed by atoms with Gasteiger partial charge in [-0.25, -0.2) is 0 Å². The average Bonchev–Trinajstić information content (AvgIpc) is 2.96. The fourth-order valence-corrected chi connectivity index (χ4v) is 2.87. The Balaban J connectivity index is 2.09. The molecule has 4 heteroatoms. The first-order chi connectivity index (χ1) is 7.81. The van der Waals surface area contributed by atoms with Crippen molar-refractivity contribution >= 4 is 28.5 Å². The van der Waals surface area contributed by atoms with Crippen LogP contribution in [0, 0.1) is 11.3 Å². The van der Waals surface area contributed by atoms with Crippen LogP contribution >= 0.6 is 22.7 Å². The number of rotatable bonds is 4. The highest BCUT2D eigenvalue weighted by molar-refractivity contribution is 7.12. The number of hydrogen-bond donors (Lipinski definition) is 0. The maximum absolute atomic E-state index is 11.8. The van der Waals surface area contributed by atoms with Crippen LogP contribution in [0.2, 0.25) is 0 Å². The van der Waals surface area contributed by atoms with Gasteiger partial charge in [0.1, 0.15) is 0 Å². The largest absolute Gasteiger partial charge is 0.293 e. The van der Waals surface area contributed by atoms with Crippen molar-refractivity contribution in [1.29, 1.82) is 5.26 Å². The Morgan fingerprint density at radius 3 is 2.62 bits per heavy atom. The Morgan fingerprint density at radius 2 is 2.06 bits per heavy atom. The van der Waals surface area contributed by atoms with Gasteiger partial charge in [-0.3, -0.25) is 4.79 Å². The monoisotopic (exact) mass is 247 g/mol. The van der Waals surface area contributed by atoms with E-state index in [1.165, 1.54) is 22.7 Å². The van der Waals surface area contributed by atoms with Crippen LogP contribution in [0.5, 0.6) is 0 Å². The van der Waals surface area contributed by atoms with Gasteiger partial charge >= 0.3 is 0 Å². The molecule has 0 amide bonds. The lowest BCUT2D eigenvalue weighted by molar-refractivity contribution is 0.0983. The summed E-state index contributed by atoms with van der Waals surface area (Å²) in [7, 11) is 0. The van der Waals surface area contributed by atoms with Crippen molar-refractivity contribution in [3.8, 4) is 6.07 Å². The number of thiophene rings is 2. The second-order valence-corrected chi connectivity index (χ2v) is 5.23. The molecule has 0 aliphatic carbocycles. The molecule has 2 nitrogen and oxygen atoms in total. The van der Waals surface area contributed by atoms with Crippen molar-refractivity contribution in [3.63, 3.8) is 0 Å². The molecule has 0 spiro atoms. The topological polar surface area (TPSA) is 40.9 Å². The van der Waals surface area contributed by atoms with Crippen LogP contribution in [-0.2, 0) is 0 Å². The van der Waals surface area contributed by atoms with E-state index < -0.39 is 0 Å². The lowest BCUT2D eigenvalue weighted by atomic mass is 10.0. The highest BCUT2D eigenvalue weighted by Gasteiger charge is 2.17. The zero-order valence-corrected chi connectivity index (χ0v) is 10.1. The minimum atomic E-state index is -0.311. The molecule has 1 unspecified atom stereocenters. The molecular formula is C12H9NOS2. The molecule has 2 rings (SSSR count). The molecule has 0 fully saturated rings. The van der Waals surface area contributed by atoms with Crippen LogP contribution in [0.3, 0.4) is 0 Å². The minimum absolute atomic E-state index is 0.0509. The van der Waals surface area contributed by atoms with Gasteiger partial charge in [0.05, 0.1) is 16.9 Å². The van der Waals surface area contributed by atoms with Crippen molar-refractivity contribution < 1.29 is 4.79 Å². The highest BCUT2D eigenvalue weighted by atomic mass is 32.1. The smallest absolute Gasteiger partial charge is 0.174 e. The van der Waals surface area contributed by atoms with Gasteiger partial charge < -0.3 is 0 Å². The molecule has 80 valence electrons. The second kappa shape index (κ2) is 5.06. The van der Waals surface area contributed by atoms with Gasteiger partial charge in [0.25, 0.3) is 0 Å². The molecule has 16 heavy (non-hydrogen) atoms. The first kappa shape index (κ1) is 11.1. The van der Waals surface area contributed by atoms with E-state index in [9.17, 15) is 4.79 Å². The number of hydrogen-bond acceptors (Lipinski definition) is 4. The second-order valence-electron chi connectivity index (χ2n) is 3.30. The van der Waals surface area contributed by atoms with E-state index in [4.69, 9.17) is 5.26 Å². The first-order valence-corrected chi connectivity index (χ1v) is 6.57. The standard InChI is InChI=1S/C12H9NOS2/c13-8-9(11-3-1-5-15-11)7-10(14)12-4-2-6-16-12/h1-6,9H,7H2. The van der Waals surface area contributed by atoms with Crippen molar-refractivity contribution in [1.82, 2.24) is 0 Å². The molecule has 2 aromatic rings. The lowest BCUT2D eigenvalue weighted by Gasteiger charge is -2.04. The highest BCUT2D eigenvalue weighted by Crippen LogP contribution is 2.26. The van der Waals surface area contributed by atoms with E-state index in [1.54, 1.807) is 6.07 Å². The molecule has 1 atom stereocenters. The van der Waals surface area contributed by atoms with Crippen molar-refractivity contribution in [2.75, 3.05) is 0 Å². The Kier molecular flexibility index (Phi) is 3.50. The molecule has 0 aliphatic heterocycles. The van der Waals surface area contributed by atoms with Crippen LogP contribution in [0.1, 0.15) is 26.9 Å². The molecule has 0 aliphatic rings. The number of Topliss-reactive ketones (excluding diaryl/α,β-unsaturated/α-hetero) is 1. The summed E-state index contributed by atoms with van der Waals surface area (Å²) in [5.41, 5.74) is 0. The van der Waals surface area contributed by atoms with Crippen molar-refractivity contribution in [2.45, 2.75) is 12.3 Å². The Bertz CT molecular complexity index is 494. The number of nitrogens with zero attached hydrogens (tertiary/aromatic N) is 1. The van der Waals surface area contributed by atoms with Crippen LogP contribution in [0.4, 0.5) is 0 Å². The molecule has 0 N–H and O–H groups in total. The van der Waals surface area contributed by atoms with E-state index in [0.29, 0.717) is 0 Å². The lowest BCUT2D eigenvalue weighted by Crippen LogP contribution is -2.03. The summed E-state index contributed by atoms with van der Waals surface area (Å²) in [5, 5.41) is 12.9. The van der Waals surface area contributed by atoms with Gasteiger partial charge in [-0.2, -0.15) is 5.26 Å². The molecule has 0 radical (unpaired) electrons. The summed E-state index contributed by atoms with van der Waals surface area (Å²) in [6.07, 6.45) is 0.275. The molecular weight excluding hydrogens is 238 g/mol. The zero-order valence-electron chi connectivity index (χ0n) is 8.42. The first-order valence-electron chi connectivity index (χ1n) is 4.81. The fraction of sp³-hybridized carbons (Fsp3) is 0.167. The van der Waals surface area contributed by atoms with Crippen LogP contribution in [-0.4, -0.2) is 5.78 Å². The SMILES string of the molecule is N#CC(CC(=O)c1cccs1)c1cccs1. The number of nitriles is 1. The third kappa shape index (κ3) is 2.38. The van der Waals surface area contributed by atoms with E-state index in [0.717, 1.165) is 9.75 Å². The number of ketones is 1. The Morgan fingerprint density at radius 1 is 1.31 bits per heavy atom. The molecule has 0 aromatic carbocycles. The predicted octanol–water partition coefficient (Wildman–Crippen LogP) is 3.69. The summed E-state index contributed by atoms with van der Waals surface area (Å²) in [4.78, 5) is 13.5. The zero-order chi connectivity index (χ0) is 11.4.